The number of hydrogen-bond acceptors (Lipinski definition) is 5. The third-order valence-corrected chi connectivity index (χ3v) is 2.34. The second-order valence-electron chi connectivity index (χ2n) is 3.59. The Kier molecular flexibility index (Phi) is 3.87. The molecule has 0 spiro atoms. The van der Waals surface area contributed by atoms with Gasteiger partial charge >= 0.3 is 5.97 Å². The fraction of sp³-hybridized carbons (Fsp3) is 0.0714. The number of Topliss-reactive ketones (excluding diaryl/α,β-unsaturated/α-hetero) is 1. The number of aromatic nitrogens is 1. The van der Waals surface area contributed by atoms with Crippen LogP contribution in [0.5, 0.6) is 11.6 Å². The van der Waals surface area contributed by atoms with Gasteiger partial charge in [-0.2, -0.15) is 0 Å². The van der Waals surface area contributed by atoms with Gasteiger partial charge in [0.15, 0.2) is 0 Å². The molecule has 19 heavy (non-hydrogen) atoms. The number of para-hydroxylation sites is 1. The van der Waals surface area contributed by atoms with Crippen LogP contribution in [0.4, 0.5) is 0 Å². The summed E-state index contributed by atoms with van der Waals surface area (Å²) < 4.78 is 9.89. The number of ether oxygens (including phenoxy) is 2. The van der Waals surface area contributed by atoms with Crippen molar-refractivity contribution in [2.75, 3.05) is 7.11 Å². The molecule has 0 bridgehead atoms. The molecule has 0 aliphatic carbocycles. The molecule has 1 aromatic heterocycles. The van der Waals surface area contributed by atoms with Crippen LogP contribution in [0.25, 0.3) is 0 Å². The third-order valence-electron chi connectivity index (χ3n) is 2.34. The number of nitrogens with zero attached hydrogens (tertiary/aromatic N) is 1. The quantitative estimate of drug-likeness (QED) is 0.477. The molecule has 1 aromatic carbocycles. The van der Waals surface area contributed by atoms with E-state index in [1.807, 2.05) is 6.07 Å². The van der Waals surface area contributed by atoms with Crippen LogP contribution in [0, 0.1) is 0 Å². The summed E-state index contributed by atoms with van der Waals surface area (Å²) in [4.78, 5) is 27.0. The molecular weight excluding hydrogens is 246 g/mol. The van der Waals surface area contributed by atoms with E-state index in [-0.39, 0.29) is 11.4 Å². The van der Waals surface area contributed by atoms with Crippen LogP contribution in [-0.2, 0) is 9.53 Å². The summed E-state index contributed by atoms with van der Waals surface area (Å²) in [6, 6.07) is 11.9. The van der Waals surface area contributed by atoms with Crippen molar-refractivity contribution in [3.63, 3.8) is 0 Å². The highest BCUT2D eigenvalue weighted by Gasteiger charge is 2.22. The first-order valence-electron chi connectivity index (χ1n) is 5.53. The second kappa shape index (κ2) is 5.77. The Morgan fingerprint density at radius 2 is 1.79 bits per heavy atom. The Labute approximate surface area is 109 Å². The predicted octanol–water partition coefficient (Wildman–Crippen LogP) is 2.23. The molecule has 5 heteroatoms. The van der Waals surface area contributed by atoms with Crippen molar-refractivity contribution in [3.8, 4) is 11.6 Å². The number of carbonyl (C=O) groups excluding carboxylic acids is 2. The number of esters is 1. The van der Waals surface area contributed by atoms with Gasteiger partial charge < -0.3 is 9.47 Å². The highest BCUT2D eigenvalue weighted by Crippen LogP contribution is 2.22. The molecule has 0 fully saturated rings. The van der Waals surface area contributed by atoms with Crippen LogP contribution >= 0.6 is 0 Å². The van der Waals surface area contributed by atoms with E-state index in [1.165, 1.54) is 12.3 Å². The molecule has 1 heterocycles. The van der Waals surface area contributed by atoms with E-state index in [9.17, 15) is 9.59 Å². The van der Waals surface area contributed by atoms with E-state index in [0.29, 0.717) is 5.75 Å². The average Bonchev–Trinajstić information content (AvgIpc) is 2.47. The van der Waals surface area contributed by atoms with Crippen LogP contribution in [0.15, 0.2) is 48.7 Å². The Bertz CT molecular complexity index is 595. The second-order valence-corrected chi connectivity index (χ2v) is 3.59. The lowest BCUT2D eigenvalue weighted by atomic mass is 10.2. The van der Waals surface area contributed by atoms with E-state index in [1.54, 1.807) is 30.3 Å². The van der Waals surface area contributed by atoms with E-state index in [4.69, 9.17) is 4.74 Å². The topological polar surface area (TPSA) is 65.5 Å². The minimum atomic E-state index is -0.953. The zero-order chi connectivity index (χ0) is 13.7. The highest BCUT2D eigenvalue weighted by atomic mass is 16.5. The van der Waals surface area contributed by atoms with Gasteiger partial charge in [0.1, 0.15) is 5.75 Å². The zero-order valence-electron chi connectivity index (χ0n) is 10.2. The van der Waals surface area contributed by atoms with Crippen molar-refractivity contribution < 1.29 is 19.1 Å². The standard InChI is InChI=1S/C14H11NO4/c1-18-14(17)12(16)11-8-5-9-15-13(11)19-10-6-3-2-4-7-10/h2-9H,1H3. The molecule has 0 unspecified atom stereocenters. The number of carbonyl (C=O) groups is 2. The summed E-state index contributed by atoms with van der Waals surface area (Å²) in [6.45, 7) is 0. The number of rotatable bonds is 4. The normalized spacial score (nSPS) is 9.74. The summed E-state index contributed by atoms with van der Waals surface area (Å²) in [5, 5.41) is 0. The van der Waals surface area contributed by atoms with Crippen molar-refractivity contribution >= 4 is 11.8 Å². The minimum Gasteiger partial charge on any atom is -0.463 e. The third kappa shape index (κ3) is 2.95. The van der Waals surface area contributed by atoms with Crippen molar-refractivity contribution in [2.24, 2.45) is 0 Å². The summed E-state index contributed by atoms with van der Waals surface area (Å²) in [7, 11) is 1.15. The molecule has 2 rings (SSSR count). The van der Waals surface area contributed by atoms with Crippen LogP contribution in [0.1, 0.15) is 10.4 Å². The highest BCUT2D eigenvalue weighted by molar-refractivity contribution is 6.41. The Morgan fingerprint density at radius 3 is 2.47 bits per heavy atom. The lowest BCUT2D eigenvalue weighted by Crippen LogP contribution is -2.16. The molecule has 0 atom stereocenters. The van der Waals surface area contributed by atoms with Gasteiger partial charge in [0.2, 0.25) is 5.88 Å². The van der Waals surface area contributed by atoms with Crippen LogP contribution in [0.2, 0.25) is 0 Å². The largest absolute Gasteiger partial charge is 0.463 e. The SMILES string of the molecule is COC(=O)C(=O)c1cccnc1Oc1ccccc1. The van der Waals surface area contributed by atoms with Gasteiger partial charge in [-0.3, -0.25) is 4.79 Å². The average molecular weight is 257 g/mol. The van der Waals surface area contributed by atoms with Gasteiger partial charge in [0.05, 0.1) is 12.7 Å². The van der Waals surface area contributed by atoms with Crippen LogP contribution < -0.4 is 4.74 Å². The minimum absolute atomic E-state index is 0.0678. The fourth-order valence-electron chi connectivity index (χ4n) is 1.45. The van der Waals surface area contributed by atoms with Gasteiger partial charge in [-0.25, -0.2) is 9.78 Å². The smallest absolute Gasteiger partial charge is 0.379 e. The number of ketones is 1. The molecule has 0 radical (unpaired) electrons. The molecule has 0 saturated heterocycles. The first-order valence-corrected chi connectivity index (χ1v) is 5.53. The molecular formula is C14H11NO4. The van der Waals surface area contributed by atoms with Gasteiger partial charge in [-0.15, -0.1) is 0 Å². The summed E-state index contributed by atoms with van der Waals surface area (Å²) >= 11 is 0. The Hall–Kier alpha value is -2.69. The van der Waals surface area contributed by atoms with Crippen molar-refractivity contribution in [3.05, 3.63) is 54.2 Å². The summed E-state index contributed by atoms with van der Waals surface area (Å²) in [5.41, 5.74) is 0.0678. The van der Waals surface area contributed by atoms with Gasteiger partial charge in [-0.05, 0) is 24.3 Å². The number of benzene rings is 1. The number of pyridine rings is 1. The fourth-order valence-corrected chi connectivity index (χ4v) is 1.45. The summed E-state index contributed by atoms with van der Waals surface area (Å²) in [6.07, 6.45) is 1.48. The van der Waals surface area contributed by atoms with Crippen molar-refractivity contribution in [1.29, 1.82) is 0 Å². The summed E-state index contributed by atoms with van der Waals surface area (Å²) in [5.74, 6) is -1.14. The van der Waals surface area contributed by atoms with Gasteiger partial charge in [0, 0.05) is 6.20 Å². The molecule has 0 amide bonds. The Balaban J connectivity index is 2.31. The first-order chi connectivity index (χ1) is 9.22. The van der Waals surface area contributed by atoms with Crippen molar-refractivity contribution in [1.82, 2.24) is 4.98 Å². The zero-order valence-corrected chi connectivity index (χ0v) is 10.2. The molecule has 0 aliphatic rings. The molecule has 96 valence electrons. The maximum absolute atomic E-state index is 11.8. The molecule has 0 saturated carbocycles. The van der Waals surface area contributed by atoms with Gasteiger partial charge in [-0.1, -0.05) is 18.2 Å². The maximum atomic E-state index is 11.8. The van der Waals surface area contributed by atoms with Crippen molar-refractivity contribution in [2.45, 2.75) is 0 Å². The predicted molar refractivity (Wildman–Crippen MR) is 67.1 cm³/mol. The van der Waals surface area contributed by atoms with Crippen LogP contribution in [-0.4, -0.2) is 23.8 Å². The molecule has 0 aliphatic heterocycles. The lowest BCUT2D eigenvalue weighted by molar-refractivity contribution is -0.135. The molecule has 5 nitrogen and oxygen atoms in total. The Morgan fingerprint density at radius 1 is 1.05 bits per heavy atom. The monoisotopic (exact) mass is 257 g/mol. The van der Waals surface area contributed by atoms with E-state index >= 15 is 0 Å². The lowest BCUT2D eigenvalue weighted by Gasteiger charge is -2.07. The van der Waals surface area contributed by atoms with Gasteiger partial charge in [0.25, 0.3) is 5.78 Å². The maximum Gasteiger partial charge on any atom is 0.379 e. The number of methoxy groups -OCH3 is 1. The molecule has 2 aromatic rings. The van der Waals surface area contributed by atoms with E-state index < -0.39 is 11.8 Å². The number of hydrogen-bond donors (Lipinski definition) is 0. The first kappa shape index (κ1) is 12.8. The molecule has 0 N–H and O–H groups in total. The van der Waals surface area contributed by atoms with Crippen LogP contribution in [0.3, 0.4) is 0 Å². The van der Waals surface area contributed by atoms with E-state index in [2.05, 4.69) is 9.72 Å². The van der Waals surface area contributed by atoms with E-state index in [0.717, 1.165) is 7.11 Å².